The van der Waals surface area contributed by atoms with Gasteiger partial charge in [-0.05, 0) is 39.8 Å². The molecule has 0 radical (unpaired) electrons. The quantitative estimate of drug-likeness (QED) is 0.810. The molecule has 0 N–H and O–H groups in total. The van der Waals surface area contributed by atoms with Gasteiger partial charge < -0.3 is 9.32 Å². The first-order chi connectivity index (χ1) is 9.86. The number of carbonyl (C=O) groups excluding carboxylic acids is 1. The summed E-state index contributed by atoms with van der Waals surface area (Å²) >= 11 is 0. The molecule has 0 saturated carbocycles. The molecule has 0 spiro atoms. The van der Waals surface area contributed by atoms with Crippen LogP contribution in [0.1, 0.15) is 48.3 Å². The molecule has 1 amide bonds. The van der Waals surface area contributed by atoms with Crippen LogP contribution in [0.4, 0.5) is 0 Å². The maximum absolute atomic E-state index is 12.4. The molecule has 0 unspecified atom stereocenters. The summed E-state index contributed by atoms with van der Waals surface area (Å²) in [7, 11) is 0. The highest BCUT2D eigenvalue weighted by atomic mass is 16.3. The molecular weight excluding hydrogens is 266 g/mol. The molecule has 2 aromatic heterocycles. The van der Waals surface area contributed by atoms with Crippen LogP contribution < -0.4 is 0 Å². The Balaban J connectivity index is 1.82. The number of amides is 1. The van der Waals surface area contributed by atoms with Gasteiger partial charge in [-0.2, -0.15) is 5.10 Å². The van der Waals surface area contributed by atoms with E-state index >= 15 is 0 Å². The number of fused-ring (bicyclic) bond motifs is 1. The molecule has 1 aliphatic heterocycles. The van der Waals surface area contributed by atoms with Crippen LogP contribution in [-0.2, 0) is 18.5 Å². The zero-order valence-corrected chi connectivity index (χ0v) is 13.0. The minimum Gasteiger partial charge on any atom is -0.456 e. The Morgan fingerprint density at radius 3 is 2.71 bits per heavy atom. The van der Waals surface area contributed by atoms with Gasteiger partial charge in [-0.3, -0.25) is 9.48 Å². The van der Waals surface area contributed by atoms with Gasteiger partial charge in [0.05, 0.1) is 11.7 Å². The van der Waals surface area contributed by atoms with Gasteiger partial charge in [0.15, 0.2) is 5.76 Å². The normalized spacial score (nSPS) is 15.1. The van der Waals surface area contributed by atoms with Gasteiger partial charge >= 0.3 is 0 Å². The summed E-state index contributed by atoms with van der Waals surface area (Å²) in [6.07, 6.45) is 2.71. The zero-order chi connectivity index (χ0) is 15.2. The van der Waals surface area contributed by atoms with E-state index in [0.717, 1.165) is 17.7 Å². The lowest BCUT2D eigenvalue weighted by Crippen LogP contribution is -2.37. The Labute approximate surface area is 124 Å². The molecule has 3 rings (SSSR count). The average Bonchev–Trinajstić information content (AvgIpc) is 3.02. The van der Waals surface area contributed by atoms with E-state index < -0.39 is 0 Å². The standard InChI is InChI=1S/C16H21N3O2/c1-11-5-6-14(21-11)15(20)18-8-7-13-12(10-18)9-17-19(13)16(2,3)4/h5-6,9H,7-8,10H2,1-4H3. The molecule has 21 heavy (non-hydrogen) atoms. The molecule has 3 heterocycles. The third kappa shape index (κ3) is 2.48. The van der Waals surface area contributed by atoms with Gasteiger partial charge in [-0.25, -0.2) is 0 Å². The largest absolute Gasteiger partial charge is 0.456 e. The van der Waals surface area contributed by atoms with Crippen LogP contribution in [0.5, 0.6) is 0 Å². The lowest BCUT2D eigenvalue weighted by Gasteiger charge is -2.29. The van der Waals surface area contributed by atoms with Crippen molar-refractivity contribution in [2.75, 3.05) is 6.54 Å². The second-order valence-electron chi connectivity index (χ2n) is 6.59. The number of carbonyl (C=O) groups is 1. The van der Waals surface area contributed by atoms with Gasteiger partial charge in [-0.1, -0.05) is 0 Å². The molecule has 2 aromatic rings. The van der Waals surface area contributed by atoms with E-state index in [1.54, 1.807) is 6.07 Å². The number of nitrogens with zero attached hydrogens (tertiary/aromatic N) is 3. The maximum atomic E-state index is 12.4. The minimum absolute atomic E-state index is 0.0299. The third-order valence-electron chi connectivity index (χ3n) is 3.81. The van der Waals surface area contributed by atoms with E-state index in [1.807, 2.05) is 24.1 Å². The number of aryl methyl sites for hydroxylation is 1. The van der Waals surface area contributed by atoms with Crippen molar-refractivity contribution >= 4 is 5.91 Å². The van der Waals surface area contributed by atoms with E-state index in [-0.39, 0.29) is 11.4 Å². The zero-order valence-electron chi connectivity index (χ0n) is 13.0. The van der Waals surface area contributed by atoms with Crippen molar-refractivity contribution < 1.29 is 9.21 Å². The number of aromatic nitrogens is 2. The van der Waals surface area contributed by atoms with Crippen molar-refractivity contribution in [3.63, 3.8) is 0 Å². The van der Waals surface area contributed by atoms with Crippen molar-refractivity contribution in [3.8, 4) is 0 Å². The Kier molecular flexibility index (Phi) is 3.15. The van der Waals surface area contributed by atoms with Crippen molar-refractivity contribution in [3.05, 3.63) is 41.1 Å². The highest BCUT2D eigenvalue weighted by molar-refractivity contribution is 5.91. The van der Waals surface area contributed by atoms with Crippen molar-refractivity contribution in [2.45, 2.75) is 46.2 Å². The van der Waals surface area contributed by atoms with Gasteiger partial charge in [-0.15, -0.1) is 0 Å². The summed E-state index contributed by atoms with van der Waals surface area (Å²) < 4.78 is 7.50. The molecule has 1 aliphatic rings. The Morgan fingerprint density at radius 1 is 1.33 bits per heavy atom. The Morgan fingerprint density at radius 2 is 2.10 bits per heavy atom. The number of hydrogen-bond donors (Lipinski definition) is 0. The lowest BCUT2D eigenvalue weighted by molar-refractivity contribution is 0.0698. The van der Waals surface area contributed by atoms with Crippen LogP contribution in [0.2, 0.25) is 0 Å². The number of furan rings is 1. The number of hydrogen-bond acceptors (Lipinski definition) is 3. The minimum atomic E-state index is -0.0442. The predicted octanol–water partition coefficient (Wildman–Crippen LogP) is 2.74. The first-order valence-electron chi connectivity index (χ1n) is 7.28. The summed E-state index contributed by atoms with van der Waals surface area (Å²) in [6, 6.07) is 3.56. The van der Waals surface area contributed by atoms with Crippen molar-refractivity contribution in [2.24, 2.45) is 0 Å². The van der Waals surface area contributed by atoms with E-state index in [2.05, 4.69) is 30.6 Å². The van der Waals surface area contributed by atoms with E-state index in [0.29, 0.717) is 18.8 Å². The molecule has 0 saturated heterocycles. The fraction of sp³-hybridized carbons (Fsp3) is 0.500. The molecule has 5 nitrogen and oxygen atoms in total. The summed E-state index contributed by atoms with van der Waals surface area (Å²) in [5.41, 5.74) is 2.34. The van der Waals surface area contributed by atoms with Crippen molar-refractivity contribution in [1.29, 1.82) is 0 Å². The van der Waals surface area contributed by atoms with Gasteiger partial charge in [0.1, 0.15) is 5.76 Å². The van der Waals surface area contributed by atoms with Crippen molar-refractivity contribution in [1.82, 2.24) is 14.7 Å². The molecule has 0 aliphatic carbocycles. The molecule has 112 valence electrons. The molecule has 0 aromatic carbocycles. The Hall–Kier alpha value is -2.04. The van der Waals surface area contributed by atoms with E-state index in [4.69, 9.17) is 4.42 Å². The van der Waals surface area contributed by atoms with Crippen LogP contribution in [-0.4, -0.2) is 27.1 Å². The monoisotopic (exact) mass is 287 g/mol. The molecule has 0 fully saturated rings. The van der Waals surface area contributed by atoms with Crippen LogP contribution in [0.15, 0.2) is 22.7 Å². The van der Waals surface area contributed by atoms with Gasteiger partial charge in [0, 0.05) is 30.8 Å². The fourth-order valence-corrected chi connectivity index (χ4v) is 2.79. The summed E-state index contributed by atoms with van der Waals surface area (Å²) in [5, 5.41) is 4.49. The maximum Gasteiger partial charge on any atom is 0.289 e. The summed E-state index contributed by atoms with van der Waals surface area (Å²) in [6.45, 7) is 9.58. The van der Waals surface area contributed by atoms with Crippen LogP contribution in [0, 0.1) is 6.92 Å². The molecule has 0 atom stereocenters. The highest BCUT2D eigenvalue weighted by Crippen LogP contribution is 2.25. The van der Waals surface area contributed by atoms with Crippen LogP contribution >= 0.6 is 0 Å². The van der Waals surface area contributed by atoms with Crippen LogP contribution in [0.25, 0.3) is 0 Å². The highest BCUT2D eigenvalue weighted by Gasteiger charge is 2.28. The van der Waals surface area contributed by atoms with E-state index in [1.165, 1.54) is 5.69 Å². The second kappa shape index (κ2) is 4.76. The fourth-order valence-electron chi connectivity index (χ4n) is 2.79. The lowest BCUT2D eigenvalue weighted by atomic mass is 10.0. The molecular formula is C16H21N3O2. The predicted molar refractivity (Wildman–Crippen MR) is 79.1 cm³/mol. The van der Waals surface area contributed by atoms with Gasteiger partial charge in [0.2, 0.25) is 0 Å². The summed E-state index contributed by atoms with van der Waals surface area (Å²) in [4.78, 5) is 14.3. The van der Waals surface area contributed by atoms with Gasteiger partial charge in [0.25, 0.3) is 5.91 Å². The first kappa shape index (κ1) is 13.9. The average molecular weight is 287 g/mol. The summed E-state index contributed by atoms with van der Waals surface area (Å²) in [5.74, 6) is 1.13. The Bertz CT molecular complexity index is 676. The molecule has 5 heteroatoms. The first-order valence-corrected chi connectivity index (χ1v) is 7.28. The van der Waals surface area contributed by atoms with E-state index in [9.17, 15) is 4.79 Å². The molecule has 0 bridgehead atoms. The topological polar surface area (TPSA) is 51.3 Å². The van der Waals surface area contributed by atoms with Crippen LogP contribution in [0.3, 0.4) is 0 Å². The SMILES string of the molecule is Cc1ccc(C(=O)N2CCc3c(cnn3C(C)(C)C)C2)o1. The smallest absolute Gasteiger partial charge is 0.289 e. The number of rotatable bonds is 1. The second-order valence-corrected chi connectivity index (χ2v) is 6.59. The third-order valence-corrected chi connectivity index (χ3v) is 3.81.